The Morgan fingerprint density at radius 3 is 2.77 bits per heavy atom. The Kier molecular flexibility index (Phi) is 4.33. The van der Waals surface area contributed by atoms with Crippen molar-refractivity contribution in [3.05, 3.63) is 29.6 Å². The summed E-state index contributed by atoms with van der Waals surface area (Å²) in [6.45, 7) is 4.66. The van der Waals surface area contributed by atoms with E-state index in [-0.39, 0.29) is 17.9 Å². The van der Waals surface area contributed by atoms with E-state index in [0.29, 0.717) is 18.9 Å². The summed E-state index contributed by atoms with van der Waals surface area (Å²) in [4.78, 5) is 12.9. The first kappa shape index (κ1) is 14.9. The van der Waals surface area contributed by atoms with Crippen molar-refractivity contribution in [3.8, 4) is 0 Å². The van der Waals surface area contributed by atoms with Crippen LogP contribution in [0.1, 0.15) is 42.9 Å². The zero-order valence-corrected chi connectivity index (χ0v) is 13.0. The van der Waals surface area contributed by atoms with Crippen molar-refractivity contribution in [1.82, 2.24) is 25.1 Å². The number of aliphatic hydroxyl groups excluding tert-OH is 1. The predicted octanol–water partition coefficient (Wildman–Crippen LogP) is 1.43. The number of aliphatic hydroxyl groups is 1. The Morgan fingerprint density at radius 2 is 2.09 bits per heavy atom. The number of hydrogen-bond donors (Lipinski definition) is 3. The third kappa shape index (κ3) is 3.24. The molecule has 3 rings (SSSR count). The quantitative estimate of drug-likeness (QED) is 0.772. The summed E-state index contributed by atoms with van der Waals surface area (Å²) in [5, 5.41) is 20.7. The molecule has 0 saturated heterocycles. The molecule has 1 aliphatic rings. The van der Waals surface area contributed by atoms with Crippen LogP contribution < -0.4 is 5.32 Å². The highest BCUT2D eigenvalue weighted by Crippen LogP contribution is 2.37. The summed E-state index contributed by atoms with van der Waals surface area (Å²) in [6, 6.07) is 0. The van der Waals surface area contributed by atoms with Crippen LogP contribution in [0, 0.1) is 12.8 Å². The van der Waals surface area contributed by atoms with Gasteiger partial charge in [0, 0.05) is 37.2 Å². The first-order valence-corrected chi connectivity index (χ1v) is 7.77. The van der Waals surface area contributed by atoms with Gasteiger partial charge in [-0.05, 0) is 25.3 Å². The molecule has 7 heteroatoms. The molecule has 0 aliphatic heterocycles. The Balaban J connectivity index is 1.57. The van der Waals surface area contributed by atoms with Crippen LogP contribution in [-0.4, -0.2) is 42.9 Å². The van der Waals surface area contributed by atoms with Gasteiger partial charge in [0.05, 0.1) is 6.10 Å². The number of hydrogen-bond acceptors (Lipinski definition) is 6. The summed E-state index contributed by atoms with van der Waals surface area (Å²) >= 11 is 0. The molecule has 2 aromatic rings. The highest BCUT2D eigenvalue weighted by Gasteiger charge is 2.35. The van der Waals surface area contributed by atoms with Crippen molar-refractivity contribution in [2.75, 3.05) is 11.9 Å². The smallest absolute Gasteiger partial charge is 0.222 e. The number of aromatic amines is 1. The fraction of sp³-hybridized carbons (Fsp3) is 0.600. The number of aryl methyl sites for hydroxylation is 2. The molecular formula is C15H22N6O. The molecule has 0 unspecified atom stereocenters. The van der Waals surface area contributed by atoms with Crippen LogP contribution in [0.15, 0.2) is 12.4 Å². The minimum atomic E-state index is -0.341. The van der Waals surface area contributed by atoms with Gasteiger partial charge in [-0.25, -0.2) is 15.0 Å². The maximum Gasteiger partial charge on any atom is 0.222 e. The van der Waals surface area contributed by atoms with Crippen LogP contribution in [0.5, 0.6) is 0 Å². The summed E-state index contributed by atoms with van der Waals surface area (Å²) in [7, 11) is 0. The second-order valence-corrected chi connectivity index (χ2v) is 5.95. The Hall–Kier alpha value is -2.02. The van der Waals surface area contributed by atoms with Gasteiger partial charge in [-0.1, -0.05) is 6.92 Å². The van der Waals surface area contributed by atoms with E-state index in [4.69, 9.17) is 0 Å². The molecule has 0 amide bonds. The van der Waals surface area contributed by atoms with E-state index in [1.807, 2.05) is 13.8 Å². The number of anilines is 1. The third-order valence-corrected chi connectivity index (χ3v) is 4.21. The second kappa shape index (κ2) is 6.39. The van der Waals surface area contributed by atoms with Gasteiger partial charge in [-0.15, -0.1) is 0 Å². The van der Waals surface area contributed by atoms with Gasteiger partial charge in [0.1, 0.15) is 5.82 Å². The normalized spacial score (nSPS) is 24.6. The predicted molar refractivity (Wildman–Crippen MR) is 82.5 cm³/mol. The lowest BCUT2D eigenvalue weighted by atomic mass is 10.0. The molecule has 1 aliphatic carbocycles. The summed E-state index contributed by atoms with van der Waals surface area (Å²) < 4.78 is 0. The maximum absolute atomic E-state index is 10.3. The first-order chi connectivity index (χ1) is 10.7. The minimum Gasteiger partial charge on any atom is -0.393 e. The highest BCUT2D eigenvalue weighted by atomic mass is 16.3. The van der Waals surface area contributed by atoms with E-state index in [0.717, 1.165) is 30.1 Å². The van der Waals surface area contributed by atoms with E-state index in [9.17, 15) is 5.11 Å². The first-order valence-electron chi connectivity index (χ1n) is 7.77. The Labute approximate surface area is 129 Å². The molecular weight excluding hydrogens is 280 g/mol. The van der Waals surface area contributed by atoms with Crippen molar-refractivity contribution >= 4 is 5.95 Å². The monoisotopic (exact) mass is 302 g/mol. The van der Waals surface area contributed by atoms with Crippen LogP contribution in [0.2, 0.25) is 0 Å². The maximum atomic E-state index is 10.3. The highest BCUT2D eigenvalue weighted by molar-refractivity contribution is 5.24. The third-order valence-electron chi connectivity index (χ3n) is 4.21. The zero-order valence-electron chi connectivity index (χ0n) is 13.0. The molecule has 7 nitrogen and oxygen atoms in total. The average molecular weight is 302 g/mol. The van der Waals surface area contributed by atoms with E-state index in [1.54, 1.807) is 12.4 Å². The van der Waals surface area contributed by atoms with Crippen molar-refractivity contribution in [1.29, 1.82) is 0 Å². The molecule has 0 aromatic carbocycles. The van der Waals surface area contributed by atoms with Crippen molar-refractivity contribution in [3.63, 3.8) is 0 Å². The van der Waals surface area contributed by atoms with Crippen molar-refractivity contribution < 1.29 is 5.11 Å². The van der Waals surface area contributed by atoms with Crippen LogP contribution in [0.4, 0.5) is 5.95 Å². The fourth-order valence-electron chi connectivity index (χ4n) is 2.89. The number of rotatable bonds is 5. The molecule has 0 spiro atoms. The van der Waals surface area contributed by atoms with Crippen LogP contribution >= 0.6 is 0 Å². The minimum absolute atomic E-state index is 0.165. The fourth-order valence-corrected chi connectivity index (χ4v) is 2.89. The van der Waals surface area contributed by atoms with Gasteiger partial charge in [0.2, 0.25) is 5.95 Å². The summed E-state index contributed by atoms with van der Waals surface area (Å²) in [5.74, 6) is 2.72. The van der Waals surface area contributed by atoms with Crippen molar-refractivity contribution in [2.45, 2.75) is 45.1 Å². The lowest BCUT2D eigenvalue weighted by molar-refractivity contribution is 0.137. The van der Waals surface area contributed by atoms with Gasteiger partial charge >= 0.3 is 0 Å². The molecule has 0 bridgehead atoms. The molecule has 118 valence electrons. The molecule has 22 heavy (non-hydrogen) atoms. The molecule has 1 fully saturated rings. The van der Waals surface area contributed by atoms with Gasteiger partial charge in [0.25, 0.3) is 0 Å². The number of aromatic nitrogens is 5. The lowest BCUT2D eigenvalue weighted by Gasteiger charge is -2.14. The van der Waals surface area contributed by atoms with E-state index in [1.165, 1.54) is 0 Å². The largest absolute Gasteiger partial charge is 0.393 e. The van der Waals surface area contributed by atoms with E-state index < -0.39 is 0 Å². The van der Waals surface area contributed by atoms with Gasteiger partial charge < -0.3 is 10.4 Å². The Morgan fingerprint density at radius 1 is 1.32 bits per heavy atom. The molecule has 3 N–H and O–H groups in total. The lowest BCUT2D eigenvalue weighted by Crippen LogP contribution is -2.22. The van der Waals surface area contributed by atoms with Gasteiger partial charge in [0.15, 0.2) is 5.82 Å². The van der Waals surface area contributed by atoms with E-state index >= 15 is 0 Å². The van der Waals surface area contributed by atoms with E-state index in [2.05, 4.69) is 30.5 Å². The Bertz CT molecular complexity index is 611. The number of nitrogens with zero attached hydrogens (tertiary/aromatic N) is 4. The number of H-pyrrole nitrogens is 1. The van der Waals surface area contributed by atoms with Gasteiger partial charge in [-0.3, -0.25) is 5.10 Å². The zero-order chi connectivity index (χ0) is 15.5. The average Bonchev–Trinajstić information content (AvgIpc) is 3.13. The molecule has 1 saturated carbocycles. The molecule has 2 heterocycles. The molecule has 0 radical (unpaired) electrons. The standard InChI is InChI=1S/C15H22N6O/c1-3-13-19-14(21-20-13)10-4-11(12(22)5-10)8-18-15-16-6-9(2)7-17-15/h6-7,10-12,22H,3-5,8H2,1-2H3,(H,16,17,18)(H,19,20,21)/t10-,11+,12+/m0/s1. The van der Waals surface area contributed by atoms with Gasteiger partial charge in [-0.2, -0.15) is 5.10 Å². The summed E-state index contributed by atoms with van der Waals surface area (Å²) in [5.41, 5.74) is 1.03. The summed E-state index contributed by atoms with van der Waals surface area (Å²) in [6.07, 6.45) is 5.65. The second-order valence-electron chi connectivity index (χ2n) is 5.95. The van der Waals surface area contributed by atoms with Crippen LogP contribution in [0.25, 0.3) is 0 Å². The molecule has 3 atom stereocenters. The van der Waals surface area contributed by atoms with Crippen LogP contribution in [-0.2, 0) is 6.42 Å². The molecule has 2 aromatic heterocycles. The SMILES string of the molecule is CCc1nc([C@H]2C[C@H](CNc3ncc(C)cn3)[C@H](O)C2)n[nH]1. The van der Waals surface area contributed by atoms with Crippen molar-refractivity contribution in [2.24, 2.45) is 5.92 Å². The topological polar surface area (TPSA) is 99.6 Å². The number of nitrogens with one attached hydrogen (secondary N) is 2. The van der Waals surface area contributed by atoms with Crippen LogP contribution in [0.3, 0.4) is 0 Å².